The minimum Gasteiger partial charge on any atom is -0.481 e. The van der Waals surface area contributed by atoms with E-state index in [4.69, 9.17) is 5.11 Å². The summed E-state index contributed by atoms with van der Waals surface area (Å²) in [7, 11) is 0. The number of benzene rings is 1. The average Bonchev–Trinajstić information content (AvgIpc) is 3.27. The van der Waals surface area contributed by atoms with Crippen molar-refractivity contribution < 1.29 is 29.1 Å². The lowest BCUT2D eigenvalue weighted by atomic mass is 10.0. The number of imide groups is 2. The van der Waals surface area contributed by atoms with Crippen LogP contribution in [-0.4, -0.2) is 60.6 Å². The molecule has 11 heteroatoms. The van der Waals surface area contributed by atoms with Crippen molar-refractivity contribution >= 4 is 29.6 Å². The third kappa shape index (κ3) is 3.47. The molecule has 1 atom stereocenters. The van der Waals surface area contributed by atoms with Crippen molar-refractivity contribution in [3.63, 3.8) is 0 Å². The number of carbonyl (C=O) groups is 5. The second kappa shape index (κ2) is 7.11. The first-order valence-electron chi connectivity index (χ1n) is 9.59. The van der Waals surface area contributed by atoms with Gasteiger partial charge in [-0.05, 0) is 32.4 Å². The number of aromatic nitrogens is 3. The molecule has 11 nitrogen and oxygen atoms in total. The van der Waals surface area contributed by atoms with Gasteiger partial charge in [-0.2, -0.15) is 0 Å². The second-order valence-corrected chi connectivity index (χ2v) is 8.14. The van der Waals surface area contributed by atoms with Crippen LogP contribution in [0, 0.1) is 0 Å². The van der Waals surface area contributed by atoms with Crippen LogP contribution in [0.4, 0.5) is 0 Å². The van der Waals surface area contributed by atoms with E-state index < -0.39 is 41.2 Å². The standard InChI is InChI=1S/C20H19N5O6/c1-20(2,8-16(27)28)24-9-13(22-23-24)10-3-4-11-12(7-10)19(31)25(18(11)30)14-5-6-15(26)21-17(14)29/h3-4,7,9,14H,5-6,8H2,1-2H3,(H,27,28)(H,21,26,29). The molecule has 2 aromatic rings. The Kier molecular flexibility index (Phi) is 4.68. The molecule has 4 rings (SSSR count). The number of nitrogens with one attached hydrogen (secondary N) is 1. The van der Waals surface area contributed by atoms with Crippen LogP contribution in [0.2, 0.25) is 0 Å². The van der Waals surface area contributed by atoms with Crippen molar-refractivity contribution in [2.24, 2.45) is 0 Å². The average molecular weight is 425 g/mol. The number of carboxylic acid groups (broad SMARTS) is 1. The zero-order chi connectivity index (χ0) is 22.5. The number of fused-ring (bicyclic) bond motifs is 1. The molecule has 0 spiro atoms. The van der Waals surface area contributed by atoms with Crippen molar-refractivity contribution in [2.75, 3.05) is 0 Å². The first-order chi connectivity index (χ1) is 14.6. The predicted octanol–water partition coefficient (Wildman–Crippen LogP) is 0.556. The van der Waals surface area contributed by atoms with Gasteiger partial charge in [0.25, 0.3) is 11.8 Å². The molecule has 1 aromatic carbocycles. The Morgan fingerprint density at radius 3 is 2.58 bits per heavy atom. The van der Waals surface area contributed by atoms with E-state index in [1.54, 1.807) is 26.1 Å². The maximum absolute atomic E-state index is 12.9. The number of hydrogen-bond donors (Lipinski definition) is 2. The van der Waals surface area contributed by atoms with Crippen LogP contribution in [0.5, 0.6) is 0 Å². The molecule has 0 radical (unpaired) electrons. The molecule has 2 N–H and O–H groups in total. The molecule has 2 aliphatic rings. The summed E-state index contributed by atoms with van der Waals surface area (Å²) in [4.78, 5) is 61.2. The van der Waals surface area contributed by atoms with Gasteiger partial charge in [0.05, 0.1) is 29.3 Å². The Balaban J connectivity index is 1.63. The van der Waals surface area contributed by atoms with Crippen LogP contribution in [0.25, 0.3) is 11.3 Å². The zero-order valence-electron chi connectivity index (χ0n) is 16.8. The fourth-order valence-corrected chi connectivity index (χ4v) is 3.77. The van der Waals surface area contributed by atoms with Gasteiger partial charge in [-0.3, -0.25) is 34.2 Å². The lowest BCUT2D eigenvalue weighted by Crippen LogP contribution is -2.54. The third-order valence-electron chi connectivity index (χ3n) is 5.43. The van der Waals surface area contributed by atoms with Crippen LogP contribution in [0.3, 0.4) is 0 Å². The molecule has 2 aliphatic heterocycles. The monoisotopic (exact) mass is 425 g/mol. The molecule has 1 saturated heterocycles. The van der Waals surface area contributed by atoms with Gasteiger partial charge in [0, 0.05) is 12.0 Å². The van der Waals surface area contributed by atoms with Crippen molar-refractivity contribution in [3.05, 3.63) is 35.5 Å². The highest BCUT2D eigenvalue weighted by atomic mass is 16.4. The summed E-state index contributed by atoms with van der Waals surface area (Å²) >= 11 is 0. The number of aliphatic carboxylic acids is 1. The summed E-state index contributed by atoms with van der Waals surface area (Å²) in [5.74, 6) is -3.29. The summed E-state index contributed by atoms with van der Waals surface area (Å²) < 4.78 is 1.44. The van der Waals surface area contributed by atoms with Gasteiger partial charge in [-0.25, -0.2) is 4.68 Å². The molecule has 1 fully saturated rings. The molecule has 1 aromatic heterocycles. The van der Waals surface area contributed by atoms with Gasteiger partial charge in [-0.15, -0.1) is 5.10 Å². The summed E-state index contributed by atoms with van der Waals surface area (Å²) in [6.45, 7) is 3.42. The number of nitrogens with zero attached hydrogens (tertiary/aromatic N) is 4. The van der Waals surface area contributed by atoms with Gasteiger partial charge in [-0.1, -0.05) is 11.3 Å². The summed E-state index contributed by atoms with van der Waals surface area (Å²) in [5, 5.41) is 19.3. The van der Waals surface area contributed by atoms with Crippen LogP contribution >= 0.6 is 0 Å². The maximum Gasteiger partial charge on any atom is 0.305 e. The summed E-state index contributed by atoms with van der Waals surface area (Å²) in [6, 6.07) is 3.56. The van der Waals surface area contributed by atoms with Gasteiger partial charge in [0.15, 0.2) is 0 Å². The molecule has 3 heterocycles. The Hall–Kier alpha value is -3.89. The van der Waals surface area contributed by atoms with E-state index in [1.807, 2.05) is 0 Å². The topological polar surface area (TPSA) is 152 Å². The van der Waals surface area contributed by atoms with Gasteiger partial charge in [0.2, 0.25) is 11.8 Å². The van der Waals surface area contributed by atoms with E-state index >= 15 is 0 Å². The highest BCUT2D eigenvalue weighted by Crippen LogP contribution is 2.31. The van der Waals surface area contributed by atoms with Crippen LogP contribution in [0.1, 0.15) is 53.8 Å². The van der Waals surface area contributed by atoms with Gasteiger partial charge >= 0.3 is 5.97 Å². The Bertz CT molecular complexity index is 1150. The quantitative estimate of drug-likeness (QED) is 0.659. The number of piperidine rings is 1. The lowest BCUT2D eigenvalue weighted by Gasteiger charge is -2.27. The van der Waals surface area contributed by atoms with Crippen molar-refractivity contribution in [1.29, 1.82) is 0 Å². The van der Waals surface area contributed by atoms with E-state index in [2.05, 4.69) is 15.6 Å². The minimum absolute atomic E-state index is 0.0459. The molecule has 1 unspecified atom stereocenters. The lowest BCUT2D eigenvalue weighted by molar-refractivity contribution is -0.139. The highest BCUT2D eigenvalue weighted by molar-refractivity contribution is 6.23. The number of hydrogen-bond acceptors (Lipinski definition) is 7. The fourth-order valence-electron chi connectivity index (χ4n) is 3.77. The van der Waals surface area contributed by atoms with Crippen LogP contribution < -0.4 is 5.32 Å². The number of rotatable bonds is 5. The number of carbonyl (C=O) groups excluding carboxylic acids is 4. The third-order valence-corrected chi connectivity index (χ3v) is 5.43. The normalized spacial score (nSPS) is 18.9. The van der Waals surface area contributed by atoms with Gasteiger partial charge < -0.3 is 5.11 Å². The van der Waals surface area contributed by atoms with Crippen molar-refractivity contribution in [1.82, 2.24) is 25.2 Å². The smallest absolute Gasteiger partial charge is 0.305 e. The first kappa shape index (κ1) is 20.4. The van der Waals surface area contributed by atoms with E-state index in [-0.39, 0.29) is 30.4 Å². The SMILES string of the molecule is CC(C)(CC(=O)O)n1cc(-c2ccc3c(c2)C(=O)N(C2CCC(=O)NC2=O)C3=O)nn1. The maximum atomic E-state index is 12.9. The number of carboxylic acids is 1. The molecular formula is C20H19N5O6. The second-order valence-electron chi connectivity index (χ2n) is 8.14. The zero-order valence-corrected chi connectivity index (χ0v) is 16.8. The minimum atomic E-state index is -1.04. The highest BCUT2D eigenvalue weighted by Gasteiger charge is 2.44. The van der Waals surface area contributed by atoms with Crippen molar-refractivity contribution in [2.45, 2.75) is 44.7 Å². The molecule has 160 valence electrons. The Morgan fingerprint density at radius 2 is 1.90 bits per heavy atom. The molecule has 0 bridgehead atoms. The molecular weight excluding hydrogens is 406 g/mol. The van der Waals surface area contributed by atoms with E-state index in [1.165, 1.54) is 16.8 Å². The summed E-state index contributed by atoms with van der Waals surface area (Å²) in [6.07, 6.45) is 1.54. The Morgan fingerprint density at radius 1 is 1.19 bits per heavy atom. The predicted molar refractivity (Wildman–Crippen MR) is 104 cm³/mol. The fraction of sp³-hybridized carbons (Fsp3) is 0.350. The summed E-state index contributed by atoms with van der Waals surface area (Å²) in [5.41, 5.74) is 0.397. The van der Waals surface area contributed by atoms with Crippen LogP contribution in [0.15, 0.2) is 24.4 Å². The molecule has 31 heavy (non-hydrogen) atoms. The molecule has 0 aliphatic carbocycles. The van der Waals surface area contributed by atoms with Crippen molar-refractivity contribution in [3.8, 4) is 11.3 Å². The molecule has 4 amide bonds. The Labute approximate surface area is 176 Å². The van der Waals surface area contributed by atoms with Gasteiger partial charge in [0.1, 0.15) is 11.7 Å². The van der Waals surface area contributed by atoms with E-state index in [0.29, 0.717) is 11.3 Å². The number of amides is 4. The van der Waals surface area contributed by atoms with E-state index in [9.17, 15) is 24.0 Å². The largest absolute Gasteiger partial charge is 0.481 e. The first-order valence-corrected chi connectivity index (χ1v) is 9.59. The van der Waals surface area contributed by atoms with Crippen LogP contribution in [-0.2, 0) is 19.9 Å². The van der Waals surface area contributed by atoms with E-state index in [0.717, 1.165) is 4.90 Å². The molecule has 0 saturated carbocycles.